The maximum absolute atomic E-state index is 11.9. The average molecular weight is 1040 g/mol. The molecule has 0 aromatic rings. The number of alkyl carbamates (subject to hydrolysis) is 2. The summed E-state index contributed by atoms with van der Waals surface area (Å²) in [6.45, 7) is 25.2. The number of carbonyl (C=O) groups excluding carboxylic acids is 2. The molecule has 0 bridgehead atoms. The molecule has 25 heteroatoms. The van der Waals surface area contributed by atoms with Crippen molar-refractivity contribution >= 4 is 29.8 Å². The van der Waals surface area contributed by atoms with Gasteiger partial charge in [0, 0.05) is 64.8 Å². The lowest BCUT2D eigenvalue weighted by atomic mass is 10.5. The summed E-state index contributed by atoms with van der Waals surface area (Å²) in [6.07, 6.45) is 0.327. The lowest BCUT2D eigenvalue weighted by Crippen LogP contribution is -2.46. The Hall–Kier alpha value is -1.71. The third kappa shape index (κ3) is 44.7. The second-order valence-corrected chi connectivity index (χ2v) is 19.5. The van der Waals surface area contributed by atoms with E-state index in [9.17, 15) is 9.59 Å². The molecular formula is C44H92N2O21Si2. The van der Waals surface area contributed by atoms with E-state index in [1.165, 1.54) is 0 Å². The van der Waals surface area contributed by atoms with Crippen LogP contribution in [-0.2, 0) is 88.1 Å². The zero-order valence-corrected chi connectivity index (χ0v) is 45.0. The van der Waals surface area contributed by atoms with Crippen molar-refractivity contribution in [3.8, 4) is 0 Å². The van der Waals surface area contributed by atoms with Crippen molar-refractivity contribution in [1.82, 2.24) is 10.6 Å². The van der Waals surface area contributed by atoms with Crippen LogP contribution in [0, 0.1) is 0 Å². The minimum atomic E-state index is -2.71. The second kappa shape index (κ2) is 52.6. The SMILES string of the molecule is CCO[Si](CCCNC(=O)OCCOCCOCCOCCOCCOCCOCCOCCOCCOCCOCCOCCOC(=O)NCCC[Si](OCC)(OCC)OCC)(OCC)OCC. The van der Waals surface area contributed by atoms with Gasteiger partial charge in [-0.2, -0.15) is 0 Å². The molecule has 0 saturated heterocycles. The van der Waals surface area contributed by atoms with E-state index in [0.717, 1.165) is 0 Å². The van der Waals surface area contributed by atoms with Crippen LogP contribution in [0.3, 0.4) is 0 Å². The smallest absolute Gasteiger partial charge is 0.447 e. The summed E-state index contributed by atoms with van der Waals surface area (Å²) < 4.78 is 106. The lowest BCUT2D eigenvalue weighted by molar-refractivity contribution is -0.0282. The number of ether oxygens (including phenoxy) is 13. The Bertz CT molecular complexity index is 986. The van der Waals surface area contributed by atoms with Gasteiger partial charge >= 0.3 is 29.8 Å². The maximum atomic E-state index is 11.9. The van der Waals surface area contributed by atoms with Crippen LogP contribution in [0.15, 0.2) is 0 Å². The van der Waals surface area contributed by atoms with Gasteiger partial charge in [-0.1, -0.05) is 0 Å². The molecule has 0 rings (SSSR count). The zero-order valence-electron chi connectivity index (χ0n) is 43.0. The fraction of sp³-hybridized carbons (Fsp3) is 0.955. The molecule has 0 heterocycles. The van der Waals surface area contributed by atoms with Gasteiger partial charge in [0.05, 0.1) is 145 Å². The topological polar surface area (TPSA) is 234 Å². The van der Waals surface area contributed by atoms with Crippen LogP contribution < -0.4 is 10.6 Å². The van der Waals surface area contributed by atoms with E-state index in [2.05, 4.69) is 10.6 Å². The van der Waals surface area contributed by atoms with Gasteiger partial charge in [-0.05, 0) is 54.4 Å². The van der Waals surface area contributed by atoms with Crippen molar-refractivity contribution in [2.45, 2.75) is 66.5 Å². The highest BCUT2D eigenvalue weighted by molar-refractivity contribution is 6.61. The average Bonchev–Trinajstić information content (AvgIpc) is 3.33. The highest BCUT2D eigenvalue weighted by atomic mass is 28.4. The third-order valence-electron chi connectivity index (χ3n) is 8.69. The van der Waals surface area contributed by atoms with Gasteiger partial charge in [0.2, 0.25) is 0 Å². The molecule has 0 unspecified atom stereocenters. The third-order valence-corrected chi connectivity index (χ3v) is 15.0. The van der Waals surface area contributed by atoms with Crippen molar-refractivity contribution in [3.05, 3.63) is 0 Å². The quantitative estimate of drug-likeness (QED) is 0.0656. The first-order valence-electron chi connectivity index (χ1n) is 24.9. The van der Waals surface area contributed by atoms with E-state index in [1.54, 1.807) is 0 Å². The minimum absolute atomic E-state index is 0.145. The van der Waals surface area contributed by atoms with Crippen LogP contribution in [0.25, 0.3) is 0 Å². The zero-order chi connectivity index (χ0) is 50.5. The molecule has 2 amide bonds. The van der Waals surface area contributed by atoms with Crippen molar-refractivity contribution < 1.29 is 97.7 Å². The Morgan fingerprint density at radius 1 is 0.290 bits per heavy atom. The standard InChI is InChI=1S/C44H92N2O21Si2/c1-7-62-68(63-8-2,64-9-3)41-13-15-45-43(47)60-39-37-58-35-33-56-31-29-54-27-25-52-23-21-50-19-17-49-18-20-51-22-24-53-26-28-55-30-32-57-34-36-59-38-40-61-44(48)46-16-14-42-69(65-10-4,66-11-5)67-12-6/h7-42H2,1-6H3,(H,45,47)(H,46,48). The molecule has 69 heavy (non-hydrogen) atoms. The van der Waals surface area contributed by atoms with Crippen LogP contribution in [0.5, 0.6) is 0 Å². The van der Waals surface area contributed by atoms with Gasteiger partial charge in [-0.15, -0.1) is 0 Å². The molecule has 0 aromatic carbocycles. The maximum Gasteiger partial charge on any atom is 0.500 e. The first-order chi connectivity index (χ1) is 33.9. The van der Waals surface area contributed by atoms with Gasteiger partial charge in [-0.3, -0.25) is 0 Å². The predicted octanol–water partition coefficient (Wildman–Crippen LogP) is 3.50. The van der Waals surface area contributed by atoms with Gasteiger partial charge in [0.15, 0.2) is 0 Å². The summed E-state index contributed by atoms with van der Waals surface area (Å²) in [5.74, 6) is 0. The van der Waals surface area contributed by atoms with Gasteiger partial charge in [0.1, 0.15) is 13.2 Å². The lowest BCUT2D eigenvalue weighted by Gasteiger charge is -2.28. The Morgan fingerprint density at radius 3 is 0.638 bits per heavy atom. The Kier molecular flexibility index (Phi) is 51.3. The molecule has 0 aliphatic heterocycles. The van der Waals surface area contributed by atoms with Gasteiger partial charge in [-0.25, -0.2) is 9.59 Å². The Morgan fingerprint density at radius 2 is 0.464 bits per heavy atom. The molecule has 0 aromatic heterocycles. The first kappa shape index (κ1) is 67.3. The predicted molar refractivity (Wildman–Crippen MR) is 258 cm³/mol. The van der Waals surface area contributed by atoms with Crippen LogP contribution in [0.2, 0.25) is 12.1 Å². The van der Waals surface area contributed by atoms with Crippen molar-refractivity contribution in [3.63, 3.8) is 0 Å². The number of hydrogen-bond acceptors (Lipinski definition) is 21. The number of amides is 2. The molecule has 0 aliphatic carbocycles. The molecular weight excluding hydrogens is 949 g/mol. The summed E-state index contributed by atoms with van der Waals surface area (Å²) in [4.78, 5) is 23.8. The van der Waals surface area contributed by atoms with Crippen LogP contribution >= 0.6 is 0 Å². The summed E-state index contributed by atoms with van der Waals surface area (Å²) in [5.41, 5.74) is 0. The van der Waals surface area contributed by atoms with Gasteiger partial charge in [0.25, 0.3) is 0 Å². The van der Waals surface area contributed by atoms with Gasteiger partial charge < -0.3 is 98.8 Å². The molecule has 0 atom stereocenters. The Balaban J connectivity index is 3.33. The van der Waals surface area contributed by atoms with E-state index in [-0.39, 0.29) is 26.4 Å². The highest BCUT2D eigenvalue weighted by Crippen LogP contribution is 2.19. The van der Waals surface area contributed by atoms with Crippen molar-refractivity contribution in [2.24, 2.45) is 0 Å². The van der Waals surface area contributed by atoms with Crippen LogP contribution in [-0.4, -0.2) is 241 Å². The first-order valence-corrected chi connectivity index (χ1v) is 28.7. The summed E-state index contributed by atoms with van der Waals surface area (Å²) in [7, 11) is -5.42. The number of rotatable bonds is 56. The van der Waals surface area contributed by atoms with Crippen molar-refractivity contribution in [1.29, 1.82) is 0 Å². The minimum Gasteiger partial charge on any atom is -0.447 e. The normalized spacial score (nSPS) is 11.9. The summed E-state index contributed by atoms with van der Waals surface area (Å²) in [5, 5.41) is 5.45. The summed E-state index contributed by atoms with van der Waals surface area (Å²) >= 11 is 0. The van der Waals surface area contributed by atoms with E-state index in [1.807, 2.05) is 41.5 Å². The largest absolute Gasteiger partial charge is 0.500 e. The fourth-order valence-corrected chi connectivity index (χ4v) is 11.0. The van der Waals surface area contributed by atoms with Crippen LogP contribution in [0.1, 0.15) is 54.4 Å². The van der Waals surface area contributed by atoms with E-state index < -0.39 is 29.8 Å². The fourth-order valence-electron chi connectivity index (χ4n) is 5.78. The highest BCUT2D eigenvalue weighted by Gasteiger charge is 2.40. The van der Waals surface area contributed by atoms with E-state index in [0.29, 0.717) is 210 Å². The van der Waals surface area contributed by atoms with Crippen LogP contribution in [0.4, 0.5) is 9.59 Å². The number of carbonyl (C=O) groups is 2. The summed E-state index contributed by atoms with van der Waals surface area (Å²) in [6, 6.07) is 1.24. The number of hydrogen-bond donors (Lipinski definition) is 2. The Labute approximate surface area is 415 Å². The number of nitrogens with one attached hydrogen (secondary N) is 2. The molecule has 412 valence electrons. The molecule has 0 aliphatic rings. The van der Waals surface area contributed by atoms with E-state index >= 15 is 0 Å². The molecule has 0 spiro atoms. The molecule has 0 fully saturated rings. The monoisotopic (exact) mass is 1040 g/mol. The molecule has 2 N–H and O–H groups in total. The van der Waals surface area contributed by atoms with Crippen molar-refractivity contribution in [2.75, 3.05) is 211 Å². The second-order valence-electron chi connectivity index (χ2n) is 14.0. The molecule has 0 saturated carbocycles. The van der Waals surface area contributed by atoms with E-state index in [4.69, 9.17) is 88.1 Å². The molecule has 0 radical (unpaired) electrons. The molecule has 23 nitrogen and oxygen atoms in total.